The van der Waals surface area contributed by atoms with Crippen molar-refractivity contribution >= 4 is 17.5 Å². The molecule has 2 aromatic rings. The van der Waals surface area contributed by atoms with Crippen molar-refractivity contribution < 1.29 is 4.74 Å². The van der Waals surface area contributed by atoms with Gasteiger partial charge in [0.15, 0.2) is 0 Å². The van der Waals surface area contributed by atoms with Crippen LogP contribution in [0.15, 0.2) is 30.5 Å². The third kappa shape index (κ3) is 3.07. The fraction of sp³-hybridized carbons (Fsp3) is 0.167. The molecule has 2 N–H and O–H groups in total. The number of rotatable bonds is 3. The highest BCUT2D eigenvalue weighted by Crippen LogP contribution is 2.17. The Hall–Kier alpha value is -1.81. The van der Waals surface area contributed by atoms with E-state index in [-0.39, 0.29) is 5.95 Å². The second-order valence-corrected chi connectivity index (χ2v) is 4.07. The Labute approximate surface area is 104 Å². The number of hydrogen-bond donors (Lipinski definition) is 1. The molecule has 88 valence electrons. The third-order valence-electron chi connectivity index (χ3n) is 2.21. The average Bonchev–Trinajstić information content (AvgIpc) is 2.30. The molecule has 0 spiro atoms. The fourth-order valence-corrected chi connectivity index (χ4v) is 1.58. The SMILES string of the molecule is Cc1cnc(N)nc1OCc1cccc(Cl)c1. The lowest BCUT2D eigenvalue weighted by atomic mass is 10.2. The summed E-state index contributed by atoms with van der Waals surface area (Å²) in [4.78, 5) is 7.90. The highest BCUT2D eigenvalue weighted by molar-refractivity contribution is 6.30. The number of benzene rings is 1. The Balaban J connectivity index is 2.09. The van der Waals surface area contributed by atoms with Crippen LogP contribution in [-0.4, -0.2) is 9.97 Å². The van der Waals surface area contributed by atoms with E-state index in [1.165, 1.54) is 0 Å². The molecule has 0 saturated heterocycles. The standard InChI is InChI=1S/C12H12ClN3O/c1-8-6-15-12(14)16-11(8)17-7-9-3-2-4-10(13)5-9/h2-6H,7H2,1H3,(H2,14,15,16). The van der Waals surface area contributed by atoms with Gasteiger partial charge >= 0.3 is 0 Å². The van der Waals surface area contributed by atoms with Gasteiger partial charge in [0.1, 0.15) is 6.61 Å². The van der Waals surface area contributed by atoms with E-state index in [9.17, 15) is 0 Å². The Bertz CT molecular complexity index is 531. The van der Waals surface area contributed by atoms with Gasteiger partial charge in [0.2, 0.25) is 11.8 Å². The lowest BCUT2D eigenvalue weighted by Gasteiger charge is -2.08. The first-order valence-corrected chi connectivity index (χ1v) is 5.49. The molecular formula is C12H12ClN3O. The van der Waals surface area contributed by atoms with E-state index < -0.39 is 0 Å². The number of halogens is 1. The lowest BCUT2D eigenvalue weighted by molar-refractivity contribution is 0.291. The smallest absolute Gasteiger partial charge is 0.223 e. The molecule has 0 aliphatic heterocycles. The van der Waals surface area contributed by atoms with Gasteiger partial charge in [-0.15, -0.1) is 0 Å². The van der Waals surface area contributed by atoms with Crippen LogP contribution in [0.25, 0.3) is 0 Å². The molecular weight excluding hydrogens is 238 g/mol. The molecule has 17 heavy (non-hydrogen) atoms. The molecule has 0 radical (unpaired) electrons. The predicted octanol–water partition coefficient (Wildman–Crippen LogP) is 2.60. The van der Waals surface area contributed by atoms with Crippen molar-refractivity contribution in [3.63, 3.8) is 0 Å². The molecule has 1 heterocycles. The van der Waals surface area contributed by atoms with Crippen molar-refractivity contribution in [3.05, 3.63) is 46.6 Å². The first-order chi connectivity index (χ1) is 8.15. The van der Waals surface area contributed by atoms with Crippen LogP contribution in [0, 0.1) is 6.92 Å². The van der Waals surface area contributed by atoms with Crippen LogP contribution in [0.3, 0.4) is 0 Å². The number of nitrogens with two attached hydrogens (primary N) is 1. The maximum Gasteiger partial charge on any atom is 0.223 e. The molecule has 0 bridgehead atoms. The Morgan fingerprint density at radius 1 is 1.41 bits per heavy atom. The van der Waals surface area contributed by atoms with Gasteiger partial charge in [-0.2, -0.15) is 4.98 Å². The van der Waals surface area contributed by atoms with Crippen LogP contribution in [0.1, 0.15) is 11.1 Å². The maximum atomic E-state index is 5.88. The Kier molecular flexibility index (Phi) is 3.44. The van der Waals surface area contributed by atoms with Crippen molar-refractivity contribution in [2.45, 2.75) is 13.5 Å². The van der Waals surface area contributed by atoms with Gasteiger partial charge in [-0.05, 0) is 24.6 Å². The number of nitrogen functional groups attached to an aromatic ring is 1. The van der Waals surface area contributed by atoms with E-state index in [1.807, 2.05) is 31.2 Å². The number of hydrogen-bond acceptors (Lipinski definition) is 4. The molecule has 2 rings (SSSR count). The minimum Gasteiger partial charge on any atom is -0.472 e. The lowest BCUT2D eigenvalue weighted by Crippen LogP contribution is -2.02. The van der Waals surface area contributed by atoms with Gasteiger partial charge < -0.3 is 10.5 Å². The number of anilines is 1. The quantitative estimate of drug-likeness (QED) is 0.908. The fourth-order valence-electron chi connectivity index (χ4n) is 1.36. The van der Waals surface area contributed by atoms with Crippen molar-refractivity contribution in [2.75, 3.05) is 5.73 Å². The zero-order valence-corrected chi connectivity index (χ0v) is 10.1. The van der Waals surface area contributed by atoms with Gasteiger partial charge in [-0.3, -0.25) is 0 Å². The molecule has 0 fully saturated rings. The number of nitrogens with zero attached hydrogens (tertiary/aromatic N) is 2. The molecule has 5 heteroatoms. The van der Waals surface area contributed by atoms with E-state index in [2.05, 4.69) is 9.97 Å². The summed E-state index contributed by atoms with van der Waals surface area (Å²) in [5, 5.41) is 0.685. The summed E-state index contributed by atoms with van der Waals surface area (Å²) >= 11 is 5.88. The summed E-state index contributed by atoms with van der Waals surface area (Å²) in [7, 11) is 0. The summed E-state index contributed by atoms with van der Waals surface area (Å²) in [5.74, 6) is 0.703. The summed E-state index contributed by atoms with van der Waals surface area (Å²) < 4.78 is 5.57. The summed E-state index contributed by atoms with van der Waals surface area (Å²) in [6, 6.07) is 7.48. The van der Waals surface area contributed by atoms with Crippen LogP contribution in [0.2, 0.25) is 5.02 Å². The van der Waals surface area contributed by atoms with Crippen molar-refractivity contribution in [1.29, 1.82) is 0 Å². The Morgan fingerprint density at radius 2 is 2.24 bits per heavy atom. The van der Waals surface area contributed by atoms with Crippen LogP contribution in [0.5, 0.6) is 5.88 Å². The van der Waals surface area contributed by atoms with E-state index in [0.29, 0.717) is 17.5 Å². The molecule has 0 aliphatic carbocycles. The average molecular weight is 250 g/mol. The normalized spacial score (nSPS) is 10.2. The van der Waals surface area contributed by atoms with Gasteiger partial charge in [0.05, 0.1) is 0 Å². The molecule has 0 aliphatic rings. The van der Waals surface area contributed by atoms with E-state index in [4.69, 9.17) is 22.1 Å². The second kappa shape index (κ2) is 5.01. The monoisotopic (exact) mass is 249 g/mol. The second-order valence-electron chi connectivity index (χ2n) is 3.63. The summed E-state index contributed by atoms with van der Waals surface area (Å²) in [6.07, 6.45) is 1.63. The molecule has 0 saturated carbocycles. The molecule has 1 aromatic heterocycles. The maximum absolute atomic E-state index is 5.88. The number of aromatic nitrogens is 2. The van der Waals surface area contributed by atoms with Crippen molar-refractivity contribution in [2.24, 2.45) is 0 Å². The zero-order chi connectivity index (χ0) is 12.3. The highest BCUT2D eigenvalue weighted by Gasteiger charge is 2.03. The summed E-state index contributed by atoms with van der Waals surface area (Å²) in [6.45, 7) is 2.27. The predicted molar refractivity (Wildman–Crippen MR) is 67.0 cm³/mol. The van der Waals surface area contributed by atoms with Crippen LogP contribution in [0.4, 0.5) is 5.95 Å². The van der Waals surface area contributed by atoms with E-state index in [0.717, 1.165) is 11.1 Å². The minimum atomic E-state index is 0.205. The molecule has 0 amide bonds. The van der Waals surface area contributed by atoms with E-state index >= 15 is 0 Å². The van der Waals surface area contributed by atoms with Gasteiger partial charge in [-0.25, -0.2) is 4.98 Å². The van der Waals surface area contributed by atoms with Crippen LogP contribution in [-0.2, 0) is 6.61 Å². The summed E-state index contributed by atoms with van der Waals surface area (Å²) in [5.41, 5.74) is 7.33. The topological polar surface area (TPSA) is 61.0 Å². The first kappa shape index (κ1) is 11.7. The van der Waals surface area contributed by atoms with Crippen molar-refractivity contribution in [3.8, 4) is 5.88 Å². The van der Waals surface area contributed by atoms with Gasteiger partial charge in [0, 0.05) is 16.8 Å². The highest BCUT2D eigenvalue weighted by atomic mass is 35.5. The van der Waals surface area contributed by atoms with Gasteiger partial charge in [0.25, 0.3) is 0 Å². The Morgan fingerprint density at radius 3 is 3.00 bits per heavy atom. The van der Waals surface area contributed by atoms with Gasteiger partial charge in [-0.1, -0.05) is 23.7 Å². The molecule has 0 atom stereocenters. The third-order valence-corrected chi connectivity index (χ3v) is 2.44. The largest absolute Gasteiger partial charge is 0.472 e. The minimum absolute atomic E-state index is 0.205. The zero-order valence-electron chi connectivity index (χ0n) is 9.35. The number of ether oxygens (including phenoxy) is 1. The molecule has 1 aromatic carbocycles. The van der Waals surface area contributed by atoms with E-state index in [1.54, 1.807) is 6.20 Å². The number of aryl methyl sites for hydroxylation is 1. The molecule has 4 nitrogen and oxygen atoms in total. The first-order valence-electron chi connectivity index (χ1n) is 5.11. The van der Waals surface area contributed by atoms with Crippen LogP contribution < -0.4 is 10.5 Å². The molecule has 0 unspecified atom stereocenters. The van der Waals surface area contributed by atoms with Crippen LogP contribution >= 0.6 is 11.6 Å². The van der Waals surface area contributed by atoms with Crippen molar-refractivity contribution in [1.82, 2.24) is 9.97 Å².